The monoisotopic (exact) mass is 309 g/mol. The van der Waals surface area contributed by atoms with Gasteiger partial charge < -0.3 is 10.1 Å². The van der Waals surface area contributed by atoms with Crippen LogP contribution in [0, 0.1) is 6.92 Å². The van der Waals surface area contributed by atoms with Gasteiger partial charge in [0.05, 0.1) is 10.0 Å². The molecule has 0 atom stereocenters. The van der Waals surface area contributed by atoms with Crippen LogP contribution in [-0.4, -0.2) is 6.54 Å². The maximum Gasteiger partial charge on any atom is 0.131 e. The van der Waals surface area contributed by atoms with E-state index in [4.69, 9.17) is 27.9 Å². The van der Waals surface area contributed by atoms with Gasteiger partial charge >= 0.3 is 0 Å². The zero-order chi connectivity index (χ0) is 14.5. The molecule has 0 saturated carbocycles. The van der Waals surface area contributed by atoms with Gasteiger partial charge in [-0.15, -0.1) is 0 Å². The van der Waals surface area contributed by atoms with Gasteiger partial charge in [0.25, 0.3) is 0 Å². The lowest BCUT2D eigenvalue weighted by Crippen LogP contribution is -2.12. The smallest absolute Gasteiger partial charge is 0.131 e. The van der Waals surface area contributed by atoms with E-state index in [1.807, 2.05) is 18.2 Å². The number of hydrogen-bond donors (Lipinski definition) is 1. The zero-order valence-electron chi connectivity index (χ0n) is 11.5. The van der Waals surface area contributed by atoms with Crippen LogP contribution >= 0.6 is 23.2 Å². The Morgan fingerprint density at radius 3 is 2.55 bits per heavy atom. The topological polar surface area (TPSA) is 21.3 Å². The van der Waals surface area contributed by atoms with E-state index in [0.29, 0.717) is 15.8 Å². The van der Waals surface area contributed by atoms with Crippen molar-refractivity contribution in [2.75, 3.05) is 6.54 Å². The minimum absolute atomic E-state index is 0.490. The predicted octanol–water partition coefficient (Wildman–Crippen LogP) is 5.20. The molecule has 20 heavy (non-hydrogen) atoms. The predicted molar refractivity (Wildman–Crippen MR) is 85.1 cm³/mol. The standard InChI is InChI=1S/C16H17Cl2NO/c1-3-19-10-12-8-11(2)4-7-16(12)20-13-5-6-14(17)15(18)9-13/h4-9,19H,3,10H2,1-2H3. The van der Waals surface area contributed by atoms with E-state index in [-0.39, 0.29) is 0 Å². The molecule has 106 valence electrons. The fraction of sp³-hybridized carbons (Fsp3) is 0.250. The van der Waals surface area contributed by atoms with Gasteiger partial charge in [-0.1, -0.05) is 47.8 Å². The largest absolute Gasteiger partial charge is 0.457 e. The Balaban J connectivity index is 2.25. The van der Waals surface area contributed by atoms with Crippen LogP contribution in [-0.2, 0) is 6.54 Å². The Hall–Kier alpha value is -1.22. The Bertz CT molecular complexity index is 599. The molecule has 2 aromatic rings. The normalized spacial score (nSPS) is 10.6. The van der Waals surface area contributed by atoms with E-state index in [1.165, 1.54) is 5.56 Å². The van der Waals surface area contributed by atoms with Crippen molar-refractivity contribution >= 4 is 23.2 Å². The van der Waals surface area contributed by atoms with Crippen molar-refractivity contribution in [2.45, 2.75) is 20.4 Å². The van der Waals surface area contributed by atoms with Gasteiger partial charge in [-0.05, 0) is 31.7 Å². The molecule has 0 aliphatic carbocycles. The van der Waals surface area contributed by atoms with E-state index in [1.54, 1.807) is 12.1 Å². The first kappa shape index (κ1) is 15.2. The van der Waals surface area contributed by atoms with Crippen molar-refractivity contribution in [3.05, 3.63) is 57.6 Å². The summed E-state index contributed by atoms with van der Waals surface area (Å²) in [6.45, 7) is 5.84. The summed E-state index contributed by atoms with van der Waals surface area (Å²) in [6, 6.07) is 11.4. The first-order chi connectivity index (χ1) is 9.60. The summed E-state index contributed by atoms with van der Waals surface area (Å²) in [4.78, 5) is 0. The lowest BCUT2D eigenvalue weighted by atomic mass is 10.1. The van der Waals surface area contributed by atoms with Gasteiger partial charge in [-0.3, -0.25) is 0 Å². The number of aryl methyl sites for hydroxylation is 1. The van der Waals surface area contributed by atoms with Crippen LogP contribution in [0.25, 0.3) is 0 Å². The molecule has 0 spiro atoms. The van der Waals surface area contributed by atoms with Gasteiger partial charge in [0.2, 0.25) is 0 Å². The molecule has 2 nitrogen and oxygen atoms in total. The molecule has 0 fully saturated rings. The molecule has 2 rings (SSSR count). The highest BCUT2D eigenvalue weighted by atomic mass is 35.5. The fourth-order valence-electron chi connectivity index (χ4n) is 1.87. The van der Waals surface area contributed by atoms with Crippen molar-refractivity contribution in [1.82, 2.24) is 5.32 Å². The number of hydrogen-bond acceptors (Lipinski definition) is 2. The average molecular weight is 310 g/mol. The molecule has 2 aromatic carbocycles. The van der Waals surface area contributed by atoms with Crippen molar-refractivity contribution in [3.8, 4) is 11.5 Å². The van der Waals surface area contributed by atoms with E-state index < -0.39 is 0 Å². The second-order valence-electron chi connectivity index (χ2n) is 4.57. The summed E-state index contributed by atoms with van der Waals surface area (Å²) in [5.74, 6) is 1.51. The number of benzene rings is 2. The molecule has 0 heterocycles. The molecule has 1 N–H and O–H groups in total. The highest BCUT2D eigenvalue weighted by Crippen LogP contribution is 2.31. The summed E-state index contributed by atoms with van der Waals surface area (Å²) >= 11 is 11.9. The molecule has 0 saturated heterocycles. The lowest BCUT2D eigenvalue weighted by molar-refractivity contribution is 0.473. The molecule has 4 heteroatoms. The third-order valence-corrected chi connectivity index (χ3v) is 3.64. The minimum atomic E-state index is 0.490. The van der Waals surface area contributed by atoms with Crippen LogP contribution in [0.15, 0.2) is 36.4 Å². The minimum Gasteiger partial charge on any atom is -0.457 e. The Morgan fingerprint density at radius 1 is 1.05 bits per heavy atom. The summed E-state index contributed by atoms with van der Waals surface area (Å²) in [5, 5.41) is 4.33. The van der Waals surface area contributed by atoms with E-state index in [9.17, 15) is 0 Å². The van der Waals surface area contributed by atoms with Crippen LogP contribution in [0.4, 0.5) is 0 Å². The van der Waals surface area contributed by atoms with Gasteiger partial charge in [-0.2, -0.15) is 0 Å². The second-order valence-corrected chi connectivity index (χ2v) is 5.38. The van der Waals surface area contributed by atoms with Crippen LogP contribution in [0.2, 0.25) is 10.0 Å². The molecular weight excluding hydrogens is 293 g/mol. The SMILES string of the molecule is CCNCc1cc(C)ccc1Oc1ccc(Cl)c(Cl)c1. The number of nitrogens with one attached hydrogen (secondary N) is 1. The Labute approximate surface area is 129 Å². The van der Waals surface area contributed by atoms with Crippen molar-refractivity contribution in [1.29, 1.82) is 0 Å². The number of halogens is 2. The molecule has 0 radical (unpaired) electrons. The van der Waals surface area contributed by atoms with E-state index in [0.717, 1.165) is 24.4 Å². The van der Waals surface area contributed by atoms with Crippen molar-refractivity contribution in [3.63, 3.8) is 0 Å². The highest BCUT2D eigenvalue weighted by molar-refractivity contribution is 6.42. The van der Waals surface area contributed by atoms with Crippen LogP contribution in [0.5, 0.6) is 11.5 Å². The van der Waals surface area contributed by atoms with Gasteiger partial charge in [0, 0.05) is 18.2 Å². The van der Waals surface area contributed by atoms with E-state index in [2.05, 4.69) is 25.2 Å². The zero-order valence-corrected chi connectivity index (χ0v) is 13.1. The maximum atomic E-state index is 6.00. The van der Waals surface area contributed by atoms with Crippen molar-refractivity contribution < 1.29 is 4.74 Å². The molecule has 0 aromatic heterocycles. The quantitative estimate of drug-likeness (QED) is 0.819. The number of rotatable bonds is 5. The molecule has 0 bridgehead atoms. The third kappa shape index (κ3) is 3.89. The second kappa shape index (κ2) is 6.98. The average Bonchev–Trinajstić information content (AvgIpc) is 2.43. The molecule has 0 aliphatic rings. The first-order valence-electron chi connectivity index (χ1n) is 6.53. The van der Waals surface area contributed by atoms with E-state index >= 15 is 0 Å². The first-order valence-corrected chi connectivity index (χ1v) is 7.29. The molecule has 0 amide bonds. The maximum absolute atomic E-state index is 6.00. The summed E-state index contributed by atoms with van der Waals surface area (Å²) in [6.07, 6.45) is 0. The van der Waals surface area contributed by atoms with Crippen LogP contribution in [0.1, 0.15) is 18.1 Å². The van der Waals surface area contributed by atoms with Crippen LogP contribution < -0.4 is 10.1 Å². The van der Waals surface area contributed by atoms with Gasteiger partial charge in [0.1, 0.15) is 11.5 Å². The third-order valence-electron chi connectivity index (χ3n) is 2.90. The van der Waals surface area contributed by atoms with Crippen LogP contribution in [0.3, 0.4) is 0 Å². The lowest BCUT2D eigenvalue weighted by Gasteiger charge is -2.13. The summed E-state index contributed by atoms with van der Waals surface area (Å²) in [7, 11) is 0. The molecule has 0 unspecified atom stereocenters. The number of ether oxygens (including phenoxy) is 1. The van der Waals surface area contributed by atoms with Crippen molar-refractivity contribution in [2.24, 2.45) is 0 Å². The van der Waals surface area contributed by atoms with Gasteiger partial charge in [-0.25, -0.2) is 0 Å². The van der Waals surface area contributed by atoms with Gasteiger partial charge in [0.15, 0.2) is 0 Å². The molecular formula is C16H17Cl2NO. The summed E-state index contributed by atoms with van der Waals surface area (Å²) in [5.41, 5.74) is 2.33. The highest BCUT2D eigenvalue weighted by Gasteiger charge is 2.07. The fourth-order valence-corrected chi connectivity index (χ4v) is 2.16. The molecule has 0 aliphatic heterocycles. The Morgan fingerprint density at radius 2 is 1.85 bits per heavy atom. The summed E-state index contributed by atoms with van der Waals surface area (Å²) < 4.78 is 5.91. The Kier molecular flexibility index (Phi) is 5.30.